The van der Waals surface area contributed by atoms with Gasteiger partial charge in [-0.1, -0.05) is 35.6 Å². The molecule has 3 heterocycles. The number of carbonyl (C=O) groups excluding carboxylic acids is 1. The zero-order valence-corrected chi connectivity index (χ0v) is 19.1. The highest BCUT2D eigenvalue weighted by Gasteiger charge is 2.34. The largest absolute Gasteiger partial charge is 0.494 e. The minimum atomic E-state index is -0.677. The Labute approximate surface area is 187 Å². The van der Waals surface area contributed by atoms with Crippen molar-refractivity contribution in [3.63, 3.8) is 0 Å². The van der Waals surface area contributed by atoms with Crippen molar-refractivity contribution in [2.24, 2.45) is 4.99 Å². The Balaban J connectivity index is 2.00. The highest BCUT2D eigenvalue weighted by atomic mass is 32.1. The third-order valence-corrected chi connectivity index (χ3v) is 6.65. The molecule has 0 N–H and O–H groups in total. The maximum atomic E-state index is 13.5. The Morgan fingerprint density at radius 1 is 1.19 bits per heavy atom. The summed E-state index contributed by atoms with van der Waals surface area (Å²) in [5, 5.41) is 1.97. The fourth-order valence-corrected chi connectivity index (χ4v) is 5.35. The molecule has 1 atom stereocenters. The van der Waals surface area contributed by atoms with Gasteiger partial charge >= 0.3 is 5.97 Å². The van der Waals surface area contributed by atoms with Gasteiger partial charge in [-0.05, 0) is 44.4 Å². The van der Waals surface area contributed by atoms with Crippen LogP contribution >= 0.6 is 22.7 Å². The van der Waals surface area contributed by atoms with E-state index in [0.717, 1.165) is 10.4 Å². The summed E-state index contributed by atoms with van der Waals surface area (Å²) in [6, 6.07) is 10.7. The zero-order valence-electron chi connectivity index (χ0n) is 17.5. The normalized spacial score (nSPS) is 16.1. The van der Waals surface area contributed by atoms with E-state index in [2.05, 4.69) is 4.99 Å². The maximum Gasteiger partial charge on any atom is 0.338 e. The molecule has 0 saturated carbocycles. The second-order valence-corrected chi connectivity index (χ2v) is 8.78. The predicted molar refractivity (Wildman–Crippen MR) is 122 cm³/mol. The summed E-state index contributed by atoms with van der Waals surface area (Å²) in [5.74, 6) is 0.145. The number of para-hydroxylation sites is 1. The second kappa shape index (κ2) is 9.03. The SMILES string of the molecule is CCOC(=O)C1=C(C)N=c2s/c(=C\c3cccs3)c(=O)n2[C@H]1c1ccccc1OCC. The van der Waals surface area contributed by atoms with Crippen molar-refractivity contribution in [2.45, 2.75) is 26.8 Å². The van der Waals surface area contributed by atoms with Crippen LogP contribution in [0.1, 0.15) is 37.3 Å². The van der Waals surface area contributed by atoms with Crippen molar-refractivity contribution < 1.29 is 14.3 Å². The van der Waals surface area contributed by atoms with Crippen LogP contribution in [0.4, 0.5) is 0 Å². The predicted octanol–water partition coefficient (Wildman–Crippen LogP) is 3.26. The lowest BCUT2D eigenvalue weighted by Gasteiger charge is -2.26. The first-order valence-electron chi connectivity index (χ1n) is 10.00. The van der Waals surface area contributed by atoms with Crippen LogP contribution in [0.2, 0.25) is 0 Å². The molecule has 0 aliphatic carbocycles. The number of allylic oxidation sites excluding steroid dienone is 1. The maximum absolute atomic E-state index is 13.5. The summed E-state index contributed by atoms with van der Waals surface area (Å²) in [6.07, 6.45) is 1.86. The highest BCUT2D eigenvalue weighted by molar-refractivity contribution is 7.11. The number of nitrogens with zero attached hydrogens (tertiary/aromatic N) is 2. The van der Waals surface area contributed by atoms with Crippen LogP contribution in [-0.4, -0.2) is 23.8 Å². The van der Waals surface area contributed by atoms with Crippen LogP contribution in [0.25, 0.3) is 6.08 Å². The molecular weight excluding hydrogens is 432 g/mol. The summed E-state index contributed by atoms with van der Waals surface area (Å²) >= 11 is 2.88. The van der Waals surface area contributed by atoms with Gasteiger partial charge in [-0.3, -0.25) is 9.36 Å². The van der Waals surface area contributed by atoms with Crippen LogP contribution in [0.5, 0.6) is 5.75 Å². The van der Waals surface area contributed by atoms with Crippen LogP contribution in [0.3, 0.4) is 0 Å². The first-order valence-corrected chi connectivity index (χ1v) is 11.7. The lowest BCUT2D eigenvalue weighted by Crippen LogP contribution is -2.40. The first kappa shape index (κ1) is 21.3. The van der Waals surface area contributed by atoms with Crippen LogP contribution in [-0.2, 0) is 9.53 Å². The smallest absolute Gasteiger partial charge is 0.338 e. The van der Waals surface area contributed by atoms with E-state index in [1.165, 1.54) is 11.3 Å². The number of hydrogen-bond donors (Lipinski definition) is 0. The molecular formula is C23H22N2O4S2. The molecule has 1 aliphatic heterocycles. The number of benzene rings is 1. The Kier molecular flexibility index (Phi) is 6.20. The van der Waals surface area contributed by atoms with Gasteiger partial charge in [0.2, 0.25) is 0 Å². The van der Waals surface area contributed by atoms with Gasteiger partial charge in [-0.15, -0.1) is 11.3 Å². The van der Waals surface area contributed by atoms with Gasteiger partial charge in [-0.2, -0.15) is 0 Å². The Hall–Kier alpha value is -2.97. The minimum Gasteiger partial charge on any atom is -0.494 e. The Bertz CT molecular complexity index is 1320. The fourth-order valence-electron chi connectivity index (χ4n) is 3.58. The lowest BCUT2D eigenvalue weighted by molar-refractivity contribution is -0.139. The van der Waals surface area contributed by atoms with Crippen LogP contribution in [0.15, 0.2) is 62.8 Å². The van der Waals surface area contributed by atoms with E-state index in [1.807, 2.05) is 54.8 Å². The van der Waals surface area contributed by atoms with Gasteiger partial charge in [0.05, 0.1) is 29.0 Å². The standard InChI is InChI=1S/C23H22N2O4S2/c1-4-28-17-11-7-6-10-16(17)20-19(22(27)29-5-2)14(3)24-23-25(20)21(26)18(31-23)13-15-9-8-12-30-15/h6-13,20H,4-5H2,1-3H3/b18-13-/t20-/m0/s1. The molecule has 2 aromatic heterocycles. The van der Waals surface area contributed by atoms with Crippen molar-refractivity contribution in [1.82, 2.24) is 4.57 Å². The van der Waals surface area contributed by atoms with E-state index in [-0.39, 0.29) is 12.2 Å². The third-order valence-electron chi connectivity index (χ3n) is 4.85. The van der Waals surface area contributed by atoms with Gasteiger partial charge < -0.3 is 9.47 Å². The molecule has 0 unspecified atom stereocenters. The second-order valence-electron chi connectivity index (χ2n) is 6.79. The number of aromatic nitrogens is 1. The average Bonchev–Trinajstić information content (AvgIpc) is 3.36. The van der Waals surface area contributed by atoms with E-state index in [4.69, 9.17) is 9.47 Å². The molecule has 160 valence electrons. The molecule has 0 amide bonds. The van der Waals surface area contributed by atoms with E-state index in [9.17, 15) is 9.59 Å². The minimum absolute atomic E-state index is 0.192. The van der Waals surface area contributed by atoms with Gasteiger partial charge in [0.15, 0.2) is 4.80 Å². The quantitative estimate of drug-likeness (QED) is 0.536. The van der Waals surface area contributed by atoms with Crippen molar-refractivity contribution in [2.75, 3.05) is 13.2 Å². The molecule has 3 aromatic rings. The summed E-state index contributed by atoms with van der Waals surface area (Å²) in [5.41, 5.74) is 1.43. The van der Waals surface area contributed by atoms with E-state index >= 15 is 0 Å². The molecule has 0 saturated heterocycles. The molecule has 6 nitrogen and oxygen atoms in total. The van der Waals surface area contributed by atoms with Gasteiger partial charge in [0.1, 0.15) is 11.8 Å². The molecule has 0 spiro atoms. The van der Waals surface area contributed by atoms with E-state index < -0.39 is 12.0 Å². The Morgan fingerprint density at radius 2 is 2.00 bits per heavy atom. The fraction of sp³-hybridized carbons (Fsp3) is 0.261. The van der Waals surface area contributed by atoms with E-state index in [0.29, 0.717) is 33.0 Å². The number of thiazole rings is 1. The van der Waals surface area contributed by atoms with Gasteiger partial charge in [-0.25, -0.2) is 9.79 Å². The summed E-state index contributed by atoms with van der Waals surface area (Å²) in [4.78, 5) is 32.6. The molecule has 1 aliphatic rings. The molecule has 0 radical (unpaired) electrons. The molecule has 8 heteroatoms. The highest BCUT2D eigenvalue weighted by Crippen LogP contribution is 2.35. The Morgan fingerprint density at radius 3 is 2.71 bits per heavy atom. The number of thiophene rings is 1. The molecule has 31 heavy (non-hydrogen) atoms. The monoisotopic (exact) mass is 454 g/mol. The molecule has 1 aromatic carbocycles. The molecule has 0 fully saturated rings. The van der Waals surface area contributed by atoms with Crippen molar-refractivity contribution in [3.8, 4) is 5.75 Å². The van der Waals surface area contributed by atoms with Gasteiger partial charge in [0, 0.05) is 10.4 Å². The van der Waals surface area contributed by atoms with E-state index in [1.54, 1.807) is 29.8 Å². The summed E-state index contributed by atoms with van der Waals surface area (Å²) < 4.78 is 13.3. The summed E-state index contributed by atoms with van der Waals surface area (Å²) in [6.45, 7) is 6.13. The number of ether oxygens (including phenoxy) is 2. The molecule has 4 rings (SSSR count). The zero-order chi connectivity index (χ0) is 22.0. The summed E-state index contributed by atoms with van der Waals surface area (Å²) in [7, 11) is 0. The van der Waals surface area contributed by atoms with Gasteiger partial charge in [0.25, 0.3) is 5.56 Å². The molecule has 0 bridgehead atoms. The average molecular weight is 455 g/mol. The number of carbonyl (C=O) groups is 1. The number of esters is 1. The lowest BCUT2D eigenvalue weighted by atomic mass is 9.95. The van der Waals surface area contributed by atoms with Crippen molar-refractivity contribution >= 4 is 34.7 Å². The number of rotatable bonds is 6. The third kappa shape index (κ3) is 4.00. The van der Waals surface area contributed by atoms with Crippen molar-refractivity contribution in [1.29, 1.82) is 0 Å². The first-order chi connectivity index (χ1) is 15.0. The van der Waals surface area contributed by atoms with Crippen LogP contribution in [0, 0.1) is 0 Å². The topological polar surface area (TPSA) is 69.9 Å². The van der Waals surface area contributed by atoms with Crippen molar-refractivity contribution in [3.05, 3.63) is 83.2 Å². The van der Waals surface area contributed by atoms with Crippen LogP contribution < -0.4 is 19.6 Å². The number of hydrogen-bond acceptors (Lipinski definition) is 7. The number of fused-ring (bicyclic) bond motifs is 1.